The highest BCUT2D eigenvalue weighted by Gasteiger charge is 2.22. The summed E-state index contributed by atoms with van der Waals surface area (Å²) < 4.78 is 21.3. The van der Waals surface area contributed by atoms with Crippen molar-refractivity contribution in [3.05, 3.63) is 112 Å². The molecule has 2 aromatic heterocycles. The van der Waals surface area contributed by atoms with Gasteiger partial charge in [-0.3, -0.25) is 9.59 Å². The maximum absolute atomic E-state index is 13.6. The predicted molar refractivity (Wildman–Crippen MR) is 164 cm³/mol. The molecule has 3 N–H and O–H groups in total. The zero-order valence-electron chi connectivity index (χ0n) is 23.7. The molecule has 6 rings (SSSR count). The lowest BCUT2D eigenvalue weighted by atomic mass is 10.1. The van der Waals surface area contributed by atoms with Gasteiger partial charge in [0.15, 0.2) is 0 Å². The van der Waals surface area contributed by atoms with Crippen LogP contribution < -0.4 is 16.0 Å². The van der Waals surface area contributed by atoms with E-state index < -0.39 is 0 Å². The van der Waals surface area contributed by atoms with Gasteiger partial charge in [0.2, 0.25) is 0 Å². The number of amides is 1. The molecular weight excluding hydrogens is 547 g/mol. The van der Waals surface area contributed by atoms with E-state index in [0.29, 0.717) is 71.8 Å². The molecule has 0 radical (unpaired) electrons. The fourth-order valence-corrected chi connectivity index (χ4v) is 5.20. The van der Waals surface area contributed by atoms with Crippen LogP contribution in [-0.4, -0.2) is 50.0 Å². The van der Waals surface area contributed by atoms with Gasteiger partial charge in [0.1, 0.15) is 17.4 Å². The molecule has 3 aromatic carbocycles. The van der Waals surface area contributed by atoms with Crippen LogP contribution >= 0.6 is 0 Å². The molecule has 1 aliphatic heterocycles. The van der Waals surface area contributed by atoms with E-state index in [1.54, 1.807) is 53.7 Å². The number of imidazole rings is 1. The SMILES string of the molecule is CCCOc1ccc(C(=O)N2CC=CC=C2CCN)cc1-c1nc2cc3ncn(Cc4ccc(F)cc4)c3cc2c(=O)[nH]1. The first-order valence-electron chi connectivity index (χ1n) is 14.2. The third-order valence-electron chi connectivity index (χ3n) is 7.36. The first-order valence-corrected chi connectivity index (χ1v) is 14.2. The number of ether oxygens (including phenoxy) is 1. The normalized spacial score (nSPS) is 13.1. The Morgan fingerprint density at radius 3 is 2.74 bits per heavy atom. The lowest BCUT2D eigenvalue weighted by Gasteiger charge is -2.26. The zero-order valence-corrected chi connectivity index (χ0v) is 23.7. The number of carbonyl (C=O) groups is 1. The number of aromatic nitrogens is 4. The molecule has 0 atom stereocenters. The summed E-state index contributed by atoms with van der Waals surface area (Å²) in [5, 5.41) is 0.400. The highest BCUT2D eigenvalue weighted by atomic mass is 19.1. The van der Waals surface area contributed by atoms with E-state index in [4.69, 9.17) is 15.5 Å². The third-order valence-corrected chi connectivity index (χ3v) is 7.36. The molecule has 0 aliphatic carbocycles. The molecular formula is C33H31FN6O3. The van der Waals surface area contributed by atoms with Gasteiger partial charge >= 0.3 is 0 Å². The van der Waals surface area contributed by atoms with Crippen LogP contribution in [0.3, 0.4) is 0 Å². The molecule has 0 unspecified atom stereocenters. The van der Waals surface area contributed by atoms with Gasteiger partial charge in [0.25, 0.3) is 11.5 Å². The number of nitrogens with zero attached hydrogens (tertiary/aromatic N) is 4. The topological polar surface area (TPSA) is 119 Å². The lowest BCUT2D eigenvalue weighted by Crippen LogP contribution is -2.32. The standard InChI is InChI=1S/C33H31FN6O3/c1-2-15-43-30-11-8-22(33(42)40-14-4-3-5-24(40)12-13-35)16-26(30)31-37-27-18-28-29(17-25(27)32(41)38-31)39(20-36-28)19-21-6-9-23(34)10-7-21/h3-11,16-18,20H,2,12-15,19,35H2,1H3,(H,37,38,41). The maximum Gasteiger partial charge on any atom is 0.259 e. The predicted octanol–water partition coefficient (Wildman–Crippen LogP) is 5.16. The first kappa shape index (κ1) is 28.0. The molecule has 0 saturated heterocycles. The fourth-order valence-electron chi connectivity index (χ4n) is 5.20. The van der Waals surface area contributed by atoms with Gasteiger partial charge in [0.05, 0.1) is 40.4 Å². The van der Waals surface area contributed by atoms with Gasteiger partial charge in [-0.2, -0.15) is 0 Å². The van der Waals surface area contributed by atoms with Crippen molar-refractivity contribution in [3.8, 4) is 17.1 Å². The van der Waals surface area contributed by atoms with Crippen LogP contribution in [0.5, 0.6) is 5.75 Å². The number of carbonyl (C=O) groups excluding carboxylic acids is 1. The van der Waals surface area contributed by atoms with Crippen molar-refractivity contribution in [2.45, 2.75) is 26.3 Å². The summed E-state index contributed by atoms with van der Waals surface area (Å²) in [6.45, 7) is 3.81. The Hall–Kier alpha value is -5.09. The van der Waals surface area contributed by atoms with Crippen molar-refractivity contribution in [3.63, 3.8) is 0 Å². The molecule has 10 heteroatoms. The fraction of sp³-hybridized carbons (Fsp3) is 0.212. The van der Waals surface area contributed by atoms with E-state index in [0.717, 1.165) is 23.2 Å². The molecule has 0 saturated carbocycles. The molecule has 5 aromatic rings. The summed E-state index contributed by atoms with van der Waals surface area (Å²) in [4.78, 5) is 41.0. The van der Waals surface area contributed by atoms with Gasteiger partial charge in [-0.25, -0.2) is 14.4 Å². The Morgan fingerprint density at radius 2 is 1.95 bits per heavy atom. The summed E-state index contributed by atoms with van der Waals surface area (Å²) in [5.74, 6) is 0.332. The summed E-state index contributed by atoms with van der Waals surface area (Å²) in [6, 6.07) is 15.0. The van der Waals surface area contributed by atoms with E-state index >= 15 is 0 Å². The molecule has 0 bridgehead atoms. The molecule has 43 heavy (non-hydrogen) atoms. The molecule has 1 amide bonds. The van der Waals surface area contributed by atoms with Crippen LogP contribution in [-0.2, 0) is 6.54 Å². The van der Waals surface area contributed by atoms with Gasteiger partial charge in [-0.1, -0.05) is 31.2 Å². The number of allylic oxidation sites excluding steroid dienone is 2. The summed E-state index contributed by atoms with van der Waals surface area (Å²) in [6.07, 6.45) is 8.80. The average Bonchev–Trinajstić information content (AvgIpc) is 3.41. The van der Waals surface area contributed by atoms with Gasteiger partial charge < -0.3 is 24.9 Å². The van der Waals surface area contributed by atoms with E-state index in [-0.39, 0.29) is 17.3 Å². The zero-order chi connectivity index (χ0) is 29.9. The summed E-state index contributed by atoms with van der Waals surface area (Å²) in [7, 11) is 0. The maximum atomic E-state index is 13.6. The number of halogens is 1. The number of fused-ring (bicyclic) bond motifs is 2. The monoisotopic (exact) mass is 578 g/mol. The Bertz CT molecular complexity index is 1940. The molecule has 1 aliphatic rings. The number of rotatable bonds is 9. The van der Waals surface area contributed by atoms with E-state index in [1.807, 2.05) is 29.7 Å². The van der Waals surface area contributed by atoms with Crippen molar-refractivity contribution in [2.75, 3.05) is 19.7 Å². The van der Waals surface area contributed by atoms with Crippen LogP contribution in [0.15, 0.2) is 89.6 Å². The van der Waals surface area contributed by atoms with Crippen molar-refractivity contribution in [1.29, 1.82) is 0 Å². The van der Waals surface area contributed by atoms with E-state index in [2.05, 4.69) is 9.97 Å². The summed E-state index contributed by atoms with van der Waals surface area (Å²) >= 11 is 0. The van der Waals surface area contributed by atoms with Crippen LogP contribution in [0.25, 0.3) is 33.3 Å². The first-order chi connectivity index (χ1) is 20.9. The van der Waals surface area contributed by atoms with Gasteiger partial charge in [-0.05, 0) is 67.1 Å². The highest BCUT2D eigenvalue weighted by Crippen LogP contribution is 2.31. The van der Waals surface area contributed by atoms with E-state index in [1.165, 1.54) is 12.1 Å². The molecule has 9 nitrogen and oxygen atoms in total. The van der Waals surface area contributed by atoms with Crippen LogP contribution in [0, 0.1) is 5.82 Å². The molecule has 218 valence electrons. The Morgan fingerprint density at radius 1 is 1.12 bits per heavy atom. The van der Waals surface area contributed by atoms with Crippen LogP contribution in [0.4, 0.5) is 4.39 Å². The minimum atomic E-state index is -0.330. The number of benzene rings is 3. The summed E-state index contributed by atoms with van der Waals surface area (Å²) in [5.41, 5.74) is 10.0. The van der Waals surface area contributed by atoms with Gasteiger partial charge in [0, 0.05) is 30.8 Å². The quantitative estimate of drug-likeness (QED) is 0.249. The second-order valence-corrected chi connectivity index (χ2v) is 10.4. The van der Waals surface area contributed by atoms with Gasteiger partial charge in [-0.15, -0.1) is 0 Å². The van der Waals surface area contributed by atoms with Crippen molar-refractivity contribution in [1.82, 2.24) is 24.4 Å². The minimum Gasteiger partial charge on any atom is -0.493 e. The lowest BCUT2D eigenvalue weighted by molar-refractivity contribution is 0.0814. The van der Waals surface area contributed by atoms with Crippen LogP contribution in [0.2, 0.25) is 0 Å². The second kappa shape index (κ2) is 12.0. The minimum absolute atomic E-state index is 0.177. The van der Waals surface area contributed by atoms with Crippen LogP contribution in [0.1, 0.15) is 35.7 Å². The van der Waals surface area contributed by atoms with Crippen molar-refractivity contribution in [2.24, 2.45) is 5.73 Å². The van der Waals surface area contributed by atoms with Crippen molar-refractivity contribution >= 4 is 27.8 Å². The number of hydrogen-bond donors (Lipinski definition) is 2. The Balaban J connectivity index is 1.40. The smallest absolute Gasteiger partial charge is 0.259 e. The highest BCUT2D eigenvalue weighted by molar-refractivity contribution is 5.98. The average molecular weight is 579 g/mol. The number of H-pyrrole nitrogens is 1. The third kappa shape index (κ3) is 5.69. The largest absolute Gasteiger partial charge is 0.493 e. The number of nitrogens with one attached hydrogen (secondary N) is 1. The number of nitrogens with two attached hydrogens (primary N) is 1. The second-order valence-electron chi connectivity index (χ2n) is 10.4. The van der Waals surface area contributed by atoms with E-state index in [9.17, 15) is 14.0 Å². The Labute approximate surface area is 247 Å². The molecule has 0 fully saturated rings. The number of aromatic amines is 1. The molecule has 3 heterocycles. The molecule has 0 spiro atoms. The number of hydrogen-bond acceptors (Lipinski definition) is 6. The Kier molecular flexibility index (Phi) is 7.84. The van der Waals surface area contributed by atoms with Crippen molar-refractivity contribution < 1.29 is 13.9 Å².